The second-order valence-electron chi connectivity index (χ2n) is 7.69. The minimum atomic E-state index is -1.44. The molecule has 1 aliphatic rings. The highest BCUT2D eigenvalue weighted by Crippen LogP contribution is 2.39. The molecule has 0 heterocycles. The van der Waals surface area contributed by atoms with E-state index in [0.717, 1.165) is 12.8 Å². The Balaban J connectivity index is 3.77. The molecule has 0 saturated carbocycles. The first-order valence-corrected chi connectivity index (χ1v) is 10.3. The molecule has 9 heteroatoms. The molecule has 3 unspecified atom stereocenters. The minimum Gasteiger partial charge on any atom is -0.478 e. The lowest BCUT2D eigenvalue weighted by Crippen LogP contribution is -2.37. The zero-order valence-corrected chi connectivity index (χ0v) is 17.5. The van der Waals surface area contributed by atoms with Gasteiger partial charge in [0.25, 0.3) is 0 Å². The summed E-state index contributed by atoms with van der Waals surface area (Å²) in [7, 11) is 0. The van der Waals surface area contributed by atoms with E-state index in [1.807, 2.05) is 13.8 Å². The van der Waals surface area contributed by atoms with Gasteiger partial charge in [0.1, 0.15) is 0 Å². The lowest BCUT2D eigenvalue weighted by Gasteiger charge is -2.31. The highest BCUT2D eigenvalue weighted by atomic mass is 16.4. The Hall–Kier alpha value is -2.68. The Kier molecular flexibility index (Phi) is 9.71. The van der Waals surface area contributed by atoms with Crippen LogP contribution in [0, 0.1) is 11.8 Å². The van der Waals surface area contributed by atoms with Gasteiger partial charge in [-0.05, 0) is 31.6 Å². The average Bonchev–Trinajstić information content (AvgIpc) is 2.64. The molecule has 168 valence electrons. The van der Waals surface area contributed by atoms with E-state index in [1.165, 1.54) is 0 Å². The monoisotopic (exact) mass is 424 g/mol. The molecule has 0 radical (unpaired) electrons. The summed E-state index contributed by atoms with van der Waals surface area (Å²) < 4.78 is 0. The third-order valence-corrected chi connectivity index (χ3v) is 5.58. The fourth-order valence-corrected chi connectivity index (χ4v) is 4.07. The molecule has 3 atom stereocenters. The molecule has 0 bridgehead atoms. The van der Waals surface area contributed by atoms with Crippen molar-refractivity contribution < 1.29 is 34.5 Å². The van der Waals surface area contributed by atoms with Gasteiger partial charge in [0.05, 0.1) is 11.7 Å². The van der Waals surface area contributed by atoms with Crippen molar-refractivity contribution in [3.8, 4) is 0 Å². The first kappa shape index (κ1) is 25.4. The largest absolute Gasteiger partial charge is 0.478 e. The predicted octanol–water partition coefficient (Wildman–Crippen LogP) is 1.49. The number of hydrogen-bond acceptors (Lipinski definition) is 5. The van der Waals surface area contributed by atoms with Crippen LogP contribution in [0.4, 0.5) is 0 Å². The quantitative estimate of drug-likeness (QED) is 0.333. The second-order valence-corrected chi connectivity index (χ2v) is 7.69. The number of unbranched alkanes of at least 4 members (excludes halogenated alkanes) is 2. The van der Waals surface area contributed by atoms with Crippen LogP contribution in [0.25, 0.3) is 0 Å². The van der Waals surface area contributed by atoms with Crippen LogP contribution in [0.3, 0.4) is 0 Å². The smallest absolute Gasteiger partial charge is 0.332 e. The Morgan fingerprint density at radius 2 is 1.50 bits per heavy atom. The van der Waals surface area contributed by atoms with Crippen LogP contribution in [0.15, 0.2) is 22.3 Å². The molecule has 1 aliphatic carbocycles. The molecule has 9 nitrogen and oxygen atoms in total. The standard InChI is InChI=1S/C21H32N2O7/c1-3-5-7-11-9-13(18(22)25)17(19(23)26)12(15(24)8-6-4-2)10-14(20(27)28)16(11)21(29)30/h11-12,15,24H,3-10H2,1-2H3,(H2,22,25)(H2,23,26)(H,27,28)(H,29,30)/b16-14-,17-13-. The zero-order valence-electron chi connectivity index (χ0n) is 17.5. The molecule has 0 aromatic heterocycles. The summed E-state index contributed by atoms with van der Waals surface area (Å²) >= 11 is 0. The van der Waals surface area contributed by atoms with Gasteiger partial charge < -0.3 is 26.8 Å². The fraction of sp³-hybridized carbons (Fsp3) is 0.619. The highest BCUT2D eigenvalue weighted by molar-refractivity contribution is 6.05. The van der Waals surface area contributed by atoms with Gasteiger partial charge in [0, 0.05) is 22.6 Å². The van der Waals surface area contributed by atoms with Crippen molar-refractivity contribution in [1.29, 1.82) is 0 Å². The molecule has 1 rings (SSSR count). The van der Waals surface area contributed by atoms with Gasteiger partial charge in [-0.1, -0.05) is 39.5 Å². The SMILES string of the molecule is CCCCC1C/C(C(N)=O)=C(/C(N)=O)C(C(O)CCCC)C/C(C(=O)O)=C\1C(=O)O. The van der Waals surface area contributed by atoms with Crippen LogP contribution >= 0.6 is 0 Å². The van der Waals surface area contributed by atoms with E-state index < -0.39 is 48.1 Å². The van der Waals surface area contributed by atoms with Crippen LogP contribution < -0.4 is 11.5 Å². The number of amides is 2. The molecule has 0 aliphatic heterocycles. The Morgan fingerprint density at radius 1 is 0.900 bits per heavy atom. The lowest BCUT2D eigenvalue weighted by molar-refractivity contribution is -0.136. The van der Waals surface area contributed by atoms with E-state index in [1.54, 1.807) is 0 Å². The predicted molar refractivity (Wildman–Crippen MR) is 109 cm³/mol. The van der Waals surface area contributed by atoms with Crippen LogP contribution in [-0.4, -0.2) is 45.2 Å². The van der Waals surface area contributed by atoms with E-state index in [2.05, 4.69) is 0 Å². The topological polar surface area (TPSA) is 181 Å². The van der Waals surface area contributed by atoms with Gasteiger partial charge >= 0.3 is 11.9 Å². The molecule has 30 heavy (non-hydrogen) atoms. The summed E-state index contributed by atoms with van der Waals surface area (Å²) in [6.45, 7) is 3.79. The van der Waals surface area contributed by atoms with E-state index in [0.29, 0.717) is 19.3 Å². The number of carboxylic acid groups (broad SMARTS) is 2. The van der Waals surface area contributed by atoms with E-state index >= 15 is 0 Å². The molecule has 0 saturated heterocycles. The summed E-state index contributed by atoms with van der Waals surface area (Å²) in [6.07, 6.45) is 1.35. The first-order valence-electron chi connectivity index (χ1n) is 10.3. The minimum absolute atomic E-state index is 0.132. The van der Waals surface area contributed by atoms with Crippen molar-refractivity contribution in [3.05, 3.63) is 22.3 Å². The Labute approximate surface area is 175 Å². The van der Waals surface area contributed by atoms with Gasteiger partial charge in [0.2, 0.25) is 11.8 Å². The number of nitrogens with two attached hydrogens (primary N) is 2. The molecule has 0 aromatic carbocycles. The van der Waals surface area contributed by atoms with E-state index in [4.69, 9.17) is 11.5 Å². The number of aliphatic carboxylic acids is 2. The lowest BCUT2D eigenvalue weighted by atomic mass is 9.73. The maximum absolute atomic E-state index is 12.3. The summed E-state index contributed by atoms with van der Waals surface area (Å²) in [5.74, 6) is -6.69. The van der Waals surface area contributed by atoms with Crippen molar-refractivity contribution in [2.75, 3.05) is 0 Å². The van der Waals surface area contributed by atoms with Gasteiger partial charge in [-0.3, -0.25) is 9.59 Å². The van der Waals surface area contributed by atoms with E-state index in [9.17, 15) is 34.5 Å². The summed E-state index contributed by atoms with van der Waals surface area (Å²) in [5.41, 5.74) is 10.0. The average molecular weight is 424 g/mol. The first-order chi connectivity index (χ1) is 14.1. The molecule has 0 fully saturated rings. The maximum atomic E-state index is 12.3. The van der Waals surface area contributed by atoms with Gasteiger partial charge in [-0.2, -0.15) is 0 Å². The third kappa shape index (κ3) is 6.16. The highest BCUT2D eigenvalue weighted by Gasteiger charge is 2.39. The molecular formula is C21H32N2O7. The van der Waals surface area contributed by atoms with Gasteiger partial charge in [0.15, 0.2) is 0 Å². The number of aliphatic hydroxyl groups is 1. The fourth-order valence-electron chi connectivity index (χ4n) is 4.07. The van der Waals surface area contributed by atoms with Crippen LogP contribution in [0.1, 0.15) is 65.2 Å². The summed E-state index contributed by atoms with van der Waals surface area (Å²) in [5, 5.41) is 30.3. The van der Waals surface area contributed by atoms with Crippen LogP contribution in [0.2, 0.25) is 0 Å². The van der Waals surface area contributed by atoms with Crippen molar-refractivity contribution >= 4 is 23.8 Å². The Bertz CT molecular complexity index is 754. The number of carbonyl (C=O) groups excluding carboxylic acids is 2. The molecule has 0 aromatic rings. The molecular weight excluding hydrogens is 392 g/mol. The van der Waals surface area contributed by atoms with Crippen molar-refractivity contribution in [1.82, 2.24) is 0 Å². The molecule has 2 amide bonds. The summed E-state index contributed by atoms with van der Waals surface area (Å²) in [4.78, 5) is 48.6. The van der Waals surface area contributed by atoms with Crippen LogP contribution in [0.5, 0.6) is 0 Å². The van der Waals surface area contributed by atoms with Gasteiger partial charge in [-0.15, -0.1) is 0 Å². The molecule has 0 spiro atoms. The summed E-state index contributed by atoms with van der Waals surface area (Å²) in [6, 6.07) is 0. The van der Waals surface area contributed by atoms with Crippen LogP contribution in [-0.2, 0) is 19.2 Å². The number of rotatable bonds is 11. The Morgan fingerprint density at radius 3 is 1.93 bits per heavy atom. The second kappa shape index (κ2) is 11.5. The van der Waals surface area contributed by atoms with E-state index in [-0.39, 0.29) is 35.1 Å². The van der Waals surface area contributed by atoms with Crippen molar-refractivity contribution in [2.45, 2.75) is 71.3 Å². The van der Waals surface area contributed by atoms with Gasteiger partial charge in [-0.25, -0.2) is 9.59 Å². The number of primary amides is 2. The maximum Gasteiger partial charge on any atom is 0.332 e. The normalized spacial score (nSPS) is 25.8. The molecule has 7 N–H and O–H groups in total. The zero-order chi connectivity index (χ0) is 23.0. The number of hydrogen-bond donors (Lipinski definition) is 5. The third-order valence-electron chi connectivity index (χ3n) is 5.58. The van der Waals surface area contributed by atoms with Crippen molar-refractivity contribution in [3.63, 3.8) is 0 Å². The number of carbonyl (C=O) groups is 4. The number of aliphatic hydroxyl groups excluding tert-OH is 1. The number of carboxylic acids is 2. The van der Waals surface area contributed by atoms with Crippen molar-refractivity contribution in [2.24, 2.45) is 23.3 Å².